The van der Waals surface area contributed by atoms with Crippen LogP contribution < -0.4 is 0 Å². The first-order valence-electron chi connectivity index (χ1n) is 22.0. The van der Waals surface area contributed by atoms with Crippen molar-refractivity contribution in [1.82, 2.24) is 0 Å². The zero-order valence-corrected chi connectivity index (χ0v) is 35.5. The minimum absolute atomic E-state index is 0.137. The molecule has 12 heteroatoms. The first kappa shape index (κ1) is 35.2. The van der Waals surface area contributed by atoms with Crippen LogP contribution in [0.25, 0.3) is 0 Å². The van der Waals surface area contributed by atoms with Crippen molar-refractivity contribution < 1.29 is 54.5 Å². The van der Waals surface area contributed by atoms with Crippen LogP contribution in [0.2, 0.25) is 36.3 Å². The molecule has 1 heterocycles. The fraction of sp³-hybridized carbons (Fsp3) is 0.732. The van der Waals surface area contributed by atoms with Gasteiger partial charge in [-0.25, -0.2) is 4.79 Å². The fourth-order valence-corrected chi connectivity index (χ4v) is 15.9. The molecule has 5 rings (SSSR count). The first-order chi connectivity index (χ1) is 26.9. The van der Waals surface area contributed by atoms with Crippen molar-refractivity contribution in [1.29, 1.82) is 0 Å². The van der Waals surface area contributed by atoms with Gasteiger partial charge in [0.1, 0.15) is 23.9 Å². The van der Waals surface area contributed by atoms with E-state index in [2.05, 4.69) is 20.8 Å². The van der Waals surface area contributed by atoms with Crippen LogP contribution >= 0.6 is 0 Å². The summed E-state index contributed by atoms with van der Waals surface area (Å²) in [6, 6.07) is 0.391. The van der Waals surface area contributed by atoms with Crippen molar-refractivity contribution in [3.05, 3.63) is 46.9 Å². The highest BCUT2D eigenvalue weighted by Crippen LogP contribution is 2.65. The molecule has 1 aliphatic heterocycles. The van der Waals surface area contributed by atoms with Crippen LogP contribution in [0.5, 0.6) is 0 Å². The van der Waals surface area contributed by atoms with Crippen molar-refractivity contribution in [3.63, 3.8) is 0 Å². The van der Waals surface area contributed by atoms with Gasteiger partial charge in [-0.1, -0.05) is 73.5 Å². The van der Waals surface area contributed by atoms with E-state index in [9.17, 15) is 19.8 Å². The average molecular weight is 778 g/mol. The van der Waals surface area contributed by atoms with E-state index < -0.39 is 129 Å². The van der Waals surface area contributed by atoms with Gasteiger partial charge < -0.3 is 33.3 Å². The Morgan fingerprint density at radius 2 is 1.49 bits per heavy atom. The summed E-state index contributed by atoms with van der Waals surface area (Å²) in [5, 5.41) is 25.7. The van der Waals surface area contributed by atoms with E-state index in [1.165, 1.54) is 6.92 Å². The van der Waals surface area contributed by atoms with Crippen molar-refractivity contribution in [2.24, 2.45) is 16.7 Å². The molecule has 1 aromatic carbocycles. The van der Waals surface area contributed by atoms with Crippen LogP contribution in [0, 0.1) is 16.7 Å². The number of carbonyl (C=O) groups excluding carboxylic acids is 3. The highest BCUT2D eigenvalue weighted by Gasteiger charge is 2.78. The Labute approximate surface area is 325 Å². The van der Waals surface area contributed by atoms with Gasteiger partial charge in [0.15, 0.2) is 28.0 Å². The molecule has 0 spiro atoms. The summed E-state index contributed by atoms with van der Waals surface area (Å²) in [6.07, 6.45) is -6.43. The summed E-state index contributed by atoms with van der Waals surface area (Å²) in [5.41, 5.74) is -7.06. The zero-order chi connectivity index (χ0) is 43.7. The smallest absolute Gasteiger partial charge is 0.338 e. The molecule has 1 aromatic rings. The second kappa shape index (κ2) is 15.0. The van der Waals surface area contributed by atoms with Gasteiger partial charge in [0.25, 0.3) is 0 Å². The molecule has 1 saturated heterocycles. The molecule has 0 amide bonds. The van der Waals surface area contributed by atoms with E-state index in [0.29, 0.717) is 29.3 Å². The van der Waals surface area contributed by atoms with Crippen LogP contribution in [0.1, 0.15) is 106 Å². The minimum Gasteiger partial charge on any atom is -0.455 e. The third-order valence-electron chi connectivity index (χ3n) is 14.2. The molecule has 0 radical (unpaired) electrons. The van der Waals surface area contributed by atoms with Gasteiger partial charge in [-0.3, -0.25) is 9.59 Å². The number of ketones is 1. The normalized spacial score (nSPS) is 36.6. The molecular weight excluding hydrogens is 709 g/mol. The molecule has 10 nitrogen and oxygen atoms in total. The molecule has 4 aliphatic rings. The average Bonchev–Trinajstić information content (AvgIpc) is 3.18. The number of ether oxygens (including phenoxy) is 3. The standard InChI is InChI=1S/C41H64O10Si2/c1-12-52(13-2,14-3)50-30-23-31-40(25-47-31,49-27(8)42)34-36(48-37(45)28-21-19-18-20-22-28)41(46)24-29(43)26(7)32(38(41,9)10)33(35(44)39(30,34)11)51-53(15-4,16-5)17-6/h18-22,29-31,33-34,36,43,46H,12-17,23-25H2,1-11H3/t29-,30-,31+,33+,34-,36-,39+,40-,41+/m0/s1/i18D,19D,20D,21D,22D. The lowest BCUT2D eigenvalue weighted by molar-refractivity contribution is -0.344. The summed E-state index contributed by atoms with van der Waals surface area (Å²) >= 11 is 0. The number of rotatable bonds is 13. The Hall–Kier alpha value is -2.20. The Balaban J connectivity index is 1.94. The summed E-state index contributed by atoms with van der Waals surface area (Å²) in [4.78, 5) is 44.4. The van der Waals surface area contributed by atoms with Crippen LogP contribution in [0.4, 0.5) is 0 Å². The zero-order valence-electron chi connectivity index (χ0n) is 38.5. The van der Waals surface area contributed by atoms with Crippen molar-refractivity contribution in [2.75, 3.05) is 6.61 Å². The SMILES string of the molecule is [2H]c1c([2H])c([2H])c(C(=O)O[C@H]2[C@@H]3[C@]4(OC(C)=O)CO[C@@H]4C[C@H](O[Si](CC)(CC)CC)[C@@]3(C)C(=O)[C@H](O[Si](CC)(CC)CC)C3=C(C)[C@@H](O)C[C@]2(O)C3(C)C)c([2H])c1[2H]. The Bertz CT molecular complexity index is 1810. The molecule has 296 valence electrons. The number of aliphatic hydroxyl groups is 2. The number of carbonyl (C=O) groups is 3. The molecule has 0 unspecified atom stereocenters. The fourth-order valence-electron chi connectivity index (χ4n) is 10.2. The lowest BCUT2D eigenvalue weighted by atomic mass is 9.44. The maximum Gasteiger partial charge on any atom is 0.338 e. The molecular formula is C41H64O10Si2. The Morgan fingerprint density at radius 1 is 0.943 bits per heavy atom. The van der Waals surface area contributed by atoms with Crippen LogP contribution in [-0.2, 0) is 32.7 Å². The number of fused-ring (bicyclic) bond motifs is 5. The Morgan fingerprint density at radius 3 is 1.98 bits per heavy atom. The molecule has 0 aromatic heterocycles. The second-order valence-electron chi connectivity index (χ2n) is 16.5. The largest absolute Gasteiger partial charge is 0.455 e. The number of hydrogen-bond donors (Lipinski definition) is 2. The van der Waals surface area contributed by atoms with E-state index >= 15 is 4.79 Å². The number of aliphatic hydroxyl groups excluding tert-OH is 1. The highest BCUT2D eigenvalue weighted by molar-refractivity contribution is 6.74. The highest BCUT2D eigenvalue weighted by atomic mass is 28.4. The molecule has 9 atom stereocenters. The summed E-state index contributed by atoms with van der Waals surface area (Å²) in [5.74, 6) is -3.86. The van der Waals surface area contributed by atoms with Crippen LogP contribution in [0.15, 0.2) is 41.4 Å². The third-order valence-corrected chi connectivity index (χ3v) is 23.5. The summed E-state index contributed by atoms with van der Waals surface area (Å²) in [6.45, 7) is 20.2. The van der Waals surface area contributed by atoms with Gasteiger partial charge in [-0.15, -0.1) is 0 Å². The summed E-state index contributed by atoms with van der Waals surface area (Å²) in [7, 11) is -5.25. The number of Topliss-reactive ketones (excluding diaryl/α,β-unsaturated/α-hetero) is 1. The lowest BCUT2D eigenvalue weighted by Crippen LogP contribution is -2.82. The van der Waals surface area contributed by atoms with E-state index in [-0.39, 0.29) is 19.4 Å². The van der Waals surface area contributed by atoms with Crippen molar-refractivity contribution in [3.8, 4) is 0 Å². The van der Waals surface area contributed by atoms with E-state index in [4.69, 9.17) is 29.9 Å². The van der Waals surface area contributed by atoms with E-state index in [1.807, 2.05) is 20.8 Å². The first-order valence-corrected chi connectivity index (χ1v) is 24.6. The summed E-state index contributed by atoms with van der Waals surface area (Å²) < 4.78 is 75.7. The van der Waals surface area contributed by atoms with Gasteiger partial charge >= 0.3 is 11.9 Å². The van der Waals surface area contributed by atoms with Crippen molar-refractivity contribution >= 4 is 34.4 Å². The topological polar surface area (TPSA) is 138 Å². The molecule has 53 heavy (non-hydrogen) atoms. The number of hydrogen-bond acceptors (Lipinski definition) is 10. The maximum atomic E-state index is 16.4. The van der Waals surface area contributed by atoms with Crippen LogP contribution in [-0.4, -0.2) is 92.9 Å². The van der Waals surface area contributed by atoms with Gasteiger partial charge in [0.05, 0.1) is 42.6 Å². The maximum absolute atomic E-state index is 16.4. The second-order valence-corrected chi connectivity index (χ2v) is 25.9. The molecule has 3 fully saturated rings. The number of benzene rings is 1. The van der Waals surface area contributed by atoms with Crippen molar-refractivity contribution in [2.45, 2.75) is 167 Å². The van der Waals surface area contributed by atoms with E-state index in [0.717, 1.165) is 18.1 Å². The monoisotopic (exact) mass is 777 g/mol. The van der Waals surface area contributed by atoms with Gasteiger partial charge in [-0.2, -0.15) is 0 Å². The molecule has 2 bridgehead atoms. The molecule has 2 saturated carbocycles. The van der Waals surface area contributed by atoms with E-state index in [1.54, 1.807) is 27.7 Å². The molecule has 3 aliphatic carbocycles. The minimum atomic E-state index is -2.67. The van der Waals surface area contributed by atoms with Gasteiger partial charge in [0, 0.05) is 25.2 Å². The van der Waals surface area contributed by atoms with Gasteiger partial charge in [-0.05, 0) is 73.3 Å². The third kappa shape index (κ3) is 6.45. The predicted octanol–water partition coefficient (Wildman–Crippen LogP) is 7.14. The predicted molar refractivity (Wildman–Crippen MR) is 207 cm³/mol. The lowest BCUT2D eigenvalue weighted by Gasteiger charge is -2.68. The molecule has 2 N–H and O–H groups in total. The Kier molecular flexibility index (Phi) is 10.00. The number of esters is 2. The quantitative estimate of drug-likeness (QED) is 0.121. The van der Waals surface area contributed by atoms with Gasteiger partial charge in [0.2, 0.25) is 0 Å². The van der Waals surface area contributed by atoms with Crippen LogP contribution in [0.3, 0.4) is 0 Å².